The average Bonchev–Trinajstić information content (AvgIpc) is 3.48. The van der Waals surface area contributed by atoms with E-state index < -0.39 is 0 Å². The molecule has 1 saturated carbocycles. The third kappa shape index (κ3) is 3.54. The molecule has 0 radical (unpaired) electrons. The van der Waals surface area contributed by atoms with Crippen molar-refractivity contribution in [2.45, 2.75) is 37.5 Å². The van der Waals surface area contributed by atoms with Crippen LogP contribution in [0.1, 0.15) is 48.1 Å². The SMILES string of the molecule is O=C(Nc1ccc2nc(C3CC3)sc2c1)N1CCC(c2ccncc2)CC1. The van der Waals surface area contributed by atoms with Crippen molar-refractivity contribution in [3.8, 4) is 0 Å². The number of aromatic nitrogens is 2. The zero-order chi connectivity index (χ0) is 18.2. The number of amides is 2. The van der Waals surface area contributed by atoms with E-state index in [4.69, 9.17) is 4.98 Å². The van der Waals surface area contributed by atoms with Crippen LogP contribution in [0.4, 0.5) is 10.5 Å². The Morgan fingerprint density at radius 2 is 1.81 bits per heavy atom. The van der Waals surface area contributed by atoms with Gasteiger partial charge >= 0.3 is 6.03 Å². The second-order valence-electron chi connectivity index (χ2n) is 7.48. The average molecular weight is 379 g/mol. The number of benzene rings is 1. The van der Waals surface area contributed by atoms with Crippen LogP contribution in [0.2, 0.25) is 0 Å². The third-order valence-electron chi connectivity index (χ3n) is 5.54. The number of fused-ring (bicyclic) bond motifs is 1. The van der Waals surface area contributed by atoms with Gasteiger partial charge in [0.05, 0.1) is 15.2 Å². The summed E-state index contributed by atoms with van der Waals surface area (Å²) in [7, 11) is 0. The van der Waals surface area contributed by atoms with Crippen molar-refractivity contribution in [3.05, 3.63) is 53.3 Å². The molecule has 2 fully saturated rings. The lowest BCUT2D eigenvalue weighted by molar-refractivity contribution is 0.194. The second-order valence-corrected chi connectivity index (χ2v) is 8.54. The van der Waals surface area contributed by atoms with E-state index in [0.29, 0.717) is 11.8 Å². The Balaban J connectivity index is 1.22. The highest BCUT2D eigenvalue weighted by molar-refractivity contribution is 7.18. The van der Waals surface area contributed by atoms with E-state index in [9.17, 15) is 4.79 Å². The maximum absolute atomic E-state index is 12.7. The fourth-order valence-electron chi connectivity index (χ4n) is 3.78. The van der Waals surface area contributed by atoms with E-state index in [2.05, 4.69) is 28.5 Å². The number of pyridine rings is 1. The van der Waals surface area contributed by atoms with Gasteiger partial charge in [-0.3, -0.25) is 4.98 Å². The van der Waals surface area contributed by atoms with Gasteiger partial charge in [-0.05, 0) is 67.5 Å². The van der Waals surface area contributed by atoms with E-state index in [1.165, 1.54) is 23.4 Å². The molecule has 1 aliphatic carbocycles. The molecule has 1 saturated heterocycles. The summed E-state index contributed by atoms with van der Waals surface area (Å²) in [6, 6.07) is 10.2. The minimum atomic E-state index is -0.00513. The molecule has 138 valence electrons. The highest BCUT2D eigenvalue weighted by Gasteiger charge is 2.27. The lowest BCUT2D eigenvalue weighted by Gasteiger charge is -2.32. The van der Waals surface area contributed by atoms with Crippen LogP contribution in [-0.2, 0) is 0 Å². The molecule has 3 heterocycles. The lowest BCUT2D eigenvalue weighted by atomic mass is 9.90. The van der Waals surface area contributed by atoms with Gasteiger partial charge in [0.25, 0.3) is 0 Å². The van der Waals surface area contributed by atoms with Crippen molar-refractivity contribution in [1.82, 2.24) is 14.9 Å². The predicted octanol–water partition coefficient (Wildman–Crippen LogP) is 4.98. The highest BCUT2D eigenvalue weighted by atomic mass is 32.1. The Hall–Kier alpha value is -2.47. The van der Waals surface area contributed by atoms with Crippen molar-refractivity contribution in [3.63, 3.8) is 0 Å². The maximum atomic E-state index is 12.7. The molecule has 6 heteroatoms. The number of hydrogen-bond donors (Lipinski definition) is 1. The van der Waals surface area contributed by atoms with Gasteiger partial charge in [-0.25, -0.2) is 9.78 Å². The summed E-state index contributed by atoms with van der Waals surface area (Å²) in [6.07, 6.45) is 8.21. The number of urea groups is 1. The smallest absolute Gasteiger partial charge is 0.321 e. The summed E-state index contributed by atoms with van der Waals surface area (Å²) < 4.78 is 1.16. The fourth-order valence-corrected chi connectivity index (χ4v) is 4.95. The van der Waals surface area contributed by atoms with E-state index in [1.54, 1.807) is 11.3 Å². The Morgan fingerprint density at radius 3 is 2.56 bits per heavy atom. The standard InChI is InChI=1S/C21H22N4OS/c26-21(25-11-7-15(8-12-25)14-5-9-22-10-6-14)23-17-3-4-18-19(13-17)27-20(24-18)16-1-2-16/h3-6,9-10,13,15-16H,1-2,7-8,11-12H2,(H,23,26). The van der Waals surface area contributed by atoms with Crippen molar-refractivity contribution in [2.24, 2.45) is 0 Å². The first kappa shape index (κ1) is 16.7. The van der Waals surface area contributed by atoms with Gasteiger partial charge in [0.2, 0.25) is 0 Å². The number of rotatable bonds is 3. The Labute approximate surface area is 162 Å². The van der Waals surface area contributed by atoms with E-state index in [-0.39, 0.29) is 6.03 Å². The molecule has 0 atom stereocenters. The monoisotopic (exact) mass is 378 g/mol. The van der Waals surface area contributed by atoms with Gasteiger partial charge in [-0.1, -0.05) is 0 Å². The molecule has 0 unspecified atom stereocenters. The summed E-state index contributed by atoms with van der Waals surface area (Å²) in [4.78, 5) is 23.4. The first-order valence-electron chi connectivity index (χ1n) is 9.62. The van der Waals surface area contributed by atoms with Crippen LogP contribution in [0.3, 0.4) is 0 Å². The van der Waals surface area contributed by atoms with Gasteiger partial charge in [0.1, 0.15) is 0 Å². The molecule has 1 aromatic carbocycles. The predicted molar refractivity (Wildman–Crippen MR) is 108 cm³/mol. The minimum Gasteiger partial charge on any atom is -0.324 e. The van der Waals surface area contributed by atoms with E-state index >= 15 is 0 Å². The lowest BCUT2D eigenvalue weighted by Crippen LogP contribution is -2.40. The number of piperidine rings is 1. The zero-order valence-corrected chi connectivity index (χ0v) is 15.9. The number of nitrogens with one attached hydrogen (secondary N) is 1. The molecule has 0 bridgehead atoms. The van der Waals surface area contributed by atoms with Crippen molar-refractivity contribution >= 4 is 33.3 Å². The van der Waals surface area contributed by atoms with Gasteiger partial charge in [-0.15, -0.1) is 11.3 Å². The molecule has 5 nitrogen and oxygen atoms in total. The second kappa shape index (κ2) is 6.93. The maximum Gasteiger partial charge on any atom is 0.321 e. The third-order valence-corrected chi connectivity index (χ3v) is 6.72. The number of likely N-dealkylation sites (tertiary alicyclic amines) is 1. The van der Waals surface area contributed by atoms with Gasteiger partial charge < -0.3 is 10.2 Å². The Kier molecular flexibility index (Phi) is 4.28. The summed E-state index contributed by atoms with van der Waals surface area (Å²) in [5.41, 5.74) is 3.22. The van der Waals surface area contributed by atoms with Crippen molar-refractivity contribution < 1.29 is 4.79 Å². The first-order valence-corrected chi connectivity index (χ1v) is 10.4. The largest absolute Gasteiger partial charge is 0.324 e. The van der Waals surface area contributed by atoms with Crippen LogP contribution in [0, 0.1) is 0 Å². The van der Waals surface area contributed by atoms with E-state index in [0.717, 1.165) is 41.8 Å². The molecule has 3 aromatic rings. The minimum absolute atomic E-state index is 0.00513. The molecular weight excluding hydrogens is 356 g/mol. The van der Waals surface area contributed by atoms with Crippen LogP contribution in [0.25, 0.3) is 10.2 Å². The summed E-state index contributed by atoms with van der Waals surface area (Å²) in [5.74, 6) is 1.19. The molecule has 1 N–H and O–H groups in total. The Bertz CT molecular complexity index is 959. The number of carbonyl (C=O) groups is 1. The van der Waals surface area contributed by atoms with Gasteiger partial charge in [0, 0.05) is 37.1 Å². The van der Waals surface area contributed by atoms with E-state index in [1.807, 2.05) is 29.4 Å². The number of anilines is 1. The molecule has 1 aliphatic heterocycles. The normalized spacial score (nSPS) is 18.0. The molecule has 2 aromatic heterocycles. The van der Waals surface area contributed by atoms with Crippen LogP contribution in [0.15, 0.2) is 42.7 Å². The first-order chi connectivity index (χ1) is 13.3. The van der Waals surface area contributed by atoms with Crippen LogP contribution in [0.5, 0.6) is 0 Å². The zero-order valence-electron chi connectivity index (χ0n) is 15.1. The quantitative estimate of drug-likeness (QED) is 0.699. The van der Waals surface area contributed by atoms with Crippen LogP contribution < -0.4 is 5.32 Å². The molecule has 2 aliphatic rings. The Morgan fingerprint density at radius 1 is 1.04 bits per heavy atom. The summed E-state index contributed by atoms with van der Waals surface area (Å²) in [6.45, 7) is 1.57. The summed E-state index contributed by atoms with van der Waals surface area (Å²) >= 11 is 1.76. The fraction of sp³-hybridized carbons (Fsp3) is 0.381. The van der Waals surface area contributed by atoms with Crippen molar-refractivity contribution in [1.29, 1.82) is 0 Å². The van der Waals surface area contributed by atoms with Gasteiger partial charge in [-0.2, -0.15) is 0 Å². The van der Waals surface area contributed by atoms with Gasteiger partial charge in [0.15, 0.2) is 0 Å². The number of carbonyl (C=O) groups excluding carboxylic acids is 1. The van der Waals surface area contributed by atoms with Crippen molar-refractivity contribution in [2.75, 3.05) is 18.4 Å². The number of hydrogen-bond acceptors (Lipinski definition) is 4. The molecule has 0 spiro atoms. The molecular formula is C21H22N4OS. The molecule has 5 rings (SSSR count). The molecule has 27 heavy (non-hydrogen) atoms. The molecule has 2 amide bonds. The summed E-state index contributed by atoms with van der Waals surface area (Å²) in [5, 5.41) is 4.31. The number of nitrogens with zero attached hydrogens (tertiary/aromatic N) is 3. The topological polar surface area (TPSA) is 58.1 Å². The highest BCUT2D eigenvalue weighted by Crippen LogP contribution is 2.43. The van der Waals surface area contributed by atoms with Crippen LogP contribution in [-0.4, -0.2) is 34.0 Å². The number of thiazole rings is 1. The van der Waals surface area contributed by atoms with Crippen LogP contribution >= 0.6 is 11.3 Å².